The van der Waals surface area contributed by atoms with Gasteiger partial charge in [0.1, 0.15) is 0 Å². The molecule has 0 radical (unpaired) electrons. The third kappa shape index (κ3) is 3.52. The van der Waals surface area contributed by atoms with Crippen LogP contribution < -0.4 is 10.6 Å². The topological polar surface area (TPSA) is 107 Å². The van der Waals surface area contributed by atoms with Gasteiger partial charge in [0.05, 0.1) is 15.9 Å². The highest BCUT2D eigenvalue weighted by Crippen LogP contribution is 2.35. The Balaban J connectivity index is 1.94. The summed E-state index contributed by atoms with van der Waals surface area (Å²) in [6, 6.07) is 3.68. The van der Waals surface area contributed by atoms with Gasteiger partial charge in [0.15, 0.2) is 10.7 Å². The van der Waals surface area contributed by atoms with Crippen LogP contribution in [0, 0.1) is 6.92 Å². The van der Waals surface area contributed by atoms with Crippen molar-refractivity contribution < 1.29 is 23.9 Å². The van der Waals surface area contributed by atoms with E-state index in [-0.39, 0.29) is 11.5 Å². The normalized spacial score (nSPS) is 16.1. The van der Waals surface area contributed by atoms with Gasteiger partial charge in [-0.25, -0.2) is 14.6 Å². The molecule has 3 rings (SSSR count). The van der Waals surface area contributed by atoms with E-state index in [1.54, 1.807) is 0 Å². The third-order valence-electron chi connectivity index (χ3n) is 3.53. The summed E-state index contributed by atoms with van der Waals surface area (Å²) in [5.41, 5.74) is 2.01. The second-order valence-corrected chi connectivity index (χ2v) is 7.19. The molecule has 0 unspecified atom stereocenters. The molecule has 0 bridgehead atoms. The Labute approximate surface area is 153 Å². The van der Waals surface area contributed by atoms with Crippen LogP contribution in [-0.2, 0) is 23.9 Å². The molecule has 1 fully saturated rings. The Bertz CT molecular complexity index is 939. The van der Waals surface area contributed by atoms with Crippen molar-refractivity contribution >= 4 is 50.2 Å². The van der Waals surface area contributed by atoms with Gasteiger partial charge in [0.25, 0.3) is 5.79 Å². The molecule has 1 saturated heterocycles. The van der Waals surface area contributed by atoms with Crippen LogP contribution in [-0.4, -0.2) is 28.6 Å². The maximum Gasteiger partial charge on any atom is 0.350 e. The molecule has 1 aliphatic rings. The van der Waals surface area contributed by atoms with Crippen LogP contribution in [0.2, 0.25) is 0 Å². The highest BCUT2D eigenvalue weighted by Gasteiger charge is 2.39. The molecule has 1 aliphatic heterocycles. The number of rotatable bonds is 3. The molecule has 1 amide bonds. The van der Waals surface area contributed by atoms with E-state index in [4.69, 9.17) is 9.47 Å². The number of thiazole rings is 1. The molecular formula is C17H17N3O5S. The summed E-state index contributed by atoms with van der Waals surface area (Å²) in [4.78, 5) is 39.6. The number of anilines is 2. The molecule has 9 heteroatoms. The molecule has 0 atom stereocenters. The van der Waals surface area contributed by atoms with E-state index in [1.807, 2.05) is 19.1 Å². The van der Waals surface area contributed by atoms with Crippen molar-refractivity contribution in [2.75, 3.05) is 10.6 Å². The average Bonchev–Trinajstić information content (AvgIpc) is 2.88. The second-order valence-electron chi connectivity index (χ2n) is 6.19. The predicted molar refractivity (Wildman–Crippen MR) is 96.6 cm³/mol. The van der Waals surface area contributed by atoms with Gasteiger partial charge < -0.3 is 20.1 Å². The summed E-state index contributed by atoms with van der Waals surface area (Å²) in [5, 5.41) is 6.09. The number of hydrogen-bond donors (Lipinski definition) is 2. The molecule has 1 aromatic heterocycles. The van der Waals surface area contributed by atoms with Crippen LogP contribution in [0.15, 0.2) is 23.9 Å². The molecule has 0 saturated carbocycles. The van der Waals surface area contributed by atoms with Crippen LogP contribution >= 0.6 is 11.3 Å². The zero-order chi connectivity index (χ0) is 19.1. The fourth-order valence-electron chi connectivity index (χ4n) is 2.40. The highest BCUT2D eigenvalue weighted by molar-refractivity contribution is 7.23. The Morgan fingerprint density at radius 3 is 2.50 bits per heavy atom. The Kier molecular flexibility index (Phi) is 4.41. The van der Waals surface area contributed by atoms with Crippen LogP contribution in [0.25, 0.3) is 10.2 Å². The summed E-state index contributed by atoms with van der Waals surface area (Å²) in [6.07, 6.45) is 1.26. The van der Waals surface area contributed by atoms with Gasteiger partial charge in [0, 0.05) is 27.0 Å². The molecule has 0 aliphatic carbocycles. The molecular weight excluding hydrogens is 358 g/mol. The van der Waals surface area contributed by atoms with Crippen molar-refractivity contribution in [1.82, 2.24) is 4.98 Å². The number of aryl methyl sites for hydroxylation is 1. The summed E-state index contributed by atoms with van der Waals surface area (Å²) in [6.45, 7) is 6.25. The minimum atomic E-state index is -1.29. The van der Waals surface area contributed by atoms with Gasteiger partial charge in [0.2, 0.25) is 5.91 Å². The van der Waals surface area contributed by atoms with E-state index in [2.05, 4.69) is 15.6 Å². The lowest BCUT2D eigenvalue weighted by atomic mass is 10.2. The minimum absolute atomic E-state index is 0.215. The zero-order valence-electron chi connectivity index (χ0n) is 14.6. The van der Waals surface area contributed by atoms with E-state index < -0.39 is 17.7 Å². The number of nitrogens with zero attached hydrogens (tertiary/aromatic N) is 1. The van der Waals surface area contributed by atoms with Gasteiger partial charge in [-0.3, -0.25) is 4.79 Å². The number of ether oxygens (including phenoxy) is 2. The summed E-state index contributed by atoms with van der Waals surface area (Å²) in [7, 11) is 0. The van der Waals surface area contributed by atoms with Crippen molar-refractivity contribution in [2.45, 2.75) is 33.5 Å². The maximum atomic E-state index is 12.0. The third-order valence-corrected chi connectivity index (χ3v) is 4.53. The van der Waals surface area contributed by atoms with Gasteiger partial charge in [-0.2, -0.15) is 0 Å². The molecule has 0 spiro atoms. The van der Waals surface area contributed by atoms with Gasteiger partial charge >= 0.3 is 11.9 Å². The fraction of sp³-hybridized carbons (Fsp3) is 0.294. The van der Waals surface area contributed by atoms with Crippen LogP contribution in [0.1, 0.15) is 26.3 Å². The number of hydrogen-bond acceptors (Lipinski definition) is 8. The SMILES string of the molecule is CC(=O)Nc1nc2ccc(C)c(NC=C3C(=O)OC(C)(C)OC3=O)c2s1. The molecule has 136 valence electrons. The van der Waals surface area contributed by atoms with E-state index in [9.17, 15) is 14.4 Å². The van der Waals surface area contributed by atoms with Crippen molar-refractivity contribution in [2.24, 2.45) is 0 Å². The van der Waals surface area contributed by atoms with Crippen molar-refractivity contribution in [1.29, 1.82) is 0 Å². The number of aromatic nitrogens is 1. The predicted octanol–water partition coefficient (Wildman–Crippen LogP) is 2.70. The fourth-order valence-corrected chi connectivity index (χ4v) is 3.47. The number of nitrogens with one attached hydrogen (secondary N) is 2. The maximum absolute atomic E-state index is 12.0. The number of carbonyl (C=O) groups is 3. The average molecular weight is 375 g/mol. The van der Waals surface area contributed by atoms with Crippen molar-refractivity contribution in [3.8, 4) is 0 Å². The largest absolute Gasteiger partial charge is 0.419 e. The van der Waals surface area contributed by atoms with Gasteiger partial charge in [-0.1, -0.05) is 17.4 Å². The number of esters is 2. The summed E-state index contributed by atoms with van der Waals surface area (Å²) >= 11 is 1.29. The quantitative estimate of drug-likeness (QED) is 0.482. The summed E-state index contributed by atoms with van der Waals surface area (Å²) in [5.74, 6) is -3.02. The van der Waals surface area contributed by atoms with Crippen LogP contribution in [0.5, 0.6) is 0 Å². The standard InChI is InChI=1S/C17H17N3O5S/c1-8-5-6-11-13(26-16(20-11)19-9(2)21)12(8)18-7-10-14(22)24-17(3,4)25-15(10)23/h5-7,18H,1-4H3,(H,19,20,21). The number of amides is 1. The van der Waals surface area contributed by atoms with Crippen LogP contribution in [0.3, 0.4) is 0 Å². The van der Waals surface area contributed by atoms with Crippen LogP contribution in [0.4, 0.5) is 10.8 Å². The lowest BCUT2D eigenvalue weighted by molar-refractivity contribution is -0.222. The van der Waals surface area contributed by atoms with E-state index in [0.29, 0.717) is 16.3 Å². The second kappa shape index (κ2) is 6.41. The molecule has 2 aromatic rings. The lowest BCUT2D eigenvalue weighted by Crippen LogP contribution is -2.42. The van der Waals surface area contributed by atoms with Gasteiger partial charge in [-0.15, -0.1) is 0 Å². The lowest BCUT2D eigenvalue weighted by Gasteiger charge is -2.29. The number of benzene rings is 1. The first kappa shape index (κ1) is 17.9. The molecule has 2 heterocycles. The molecule has 8 nitrogen and oxygen atoms in total. The smallest absolute Gasteiger partial charge is 0.350 e. The monoisotopic (exact) mass is 375 g/mol. The number of carbonyl (C=O) groups excluding carboxylic acids is 3. The summed E-state index contributed by atoms with van der Waals surface area (Å²) < 4.78 is 10.9. The Hall–Kier alpha value is -2.94. The first-order chi connectivity index (χ1) is 12.2. The Morgan fingerprint density at radius 2 is 1.88 bits per heavy atom. The molecule has 26 heavy (non-hydrogen) atoms. The minimum Gasteiger partial charge on any atom is -0.419 e. The zero-order valence-corrected chi connectivity index (χ0v) is 15.4. The highest BCUT2D eigenvalue weighted by atomic mass is 32.1. The van der Waals surface area contributed by atoms with Crippen molar-refractivity contribution in [3.05, 3.63) is 29.5 Å². The molecule has 2 N–H and O–H groups in total. The van der Waals surface area contributed by atoms with E-state index in [1.165, 1.54) is 38.3 Å². The van der Waals surface area contributed by atoms with E-state index >= 15 is 0 Å². The molecule has 1 aromatic carbocycles. The van der Waals surface area contributed by atoms with Crippen molar-refractivity contribution in [3.63, 3.8) is 0 Å². The van der Waals surface area contributed by atoms with Gasteiger partial charge in [-0.05, 0) is 18.6 Å². The number of cyclic esters (lactones) is 2. The Morgan fingerprint density at radius 1 is 1.23 bits per heavy atom. The number of fused-ring (bicyclic) bond motifs is 1. The van der Waals surface area contributed by atoms with E-state index in [0.717, 1.165) is 10.3 Å². The first-order valence-corrected chi connectivity index (χ1v) is 8.59. The first-order valence-electron chi connectivity index (χ1n) is 7.77.